The molecular formula is C11H15NO2S. The van der Waals surface area contributed by atoms with Gasteiger partial charge in [0, 0.05) is 18.2 Å². The SMILES string of the molecule is C=C(CNC(C)Cc1ccsc1)C(=O)O. The molecule has 0 amide bonds. The Morgan fingerprint density at radius 3 is 3.00 bits per heavy atom. The average Bonchev–Trinajstić information content (AvgIpc) is 2.66. The maximum Gasteiger partial charge on any atom is 0.332 e. The molecule has 0 aliphatic rings. The topological polar surface area (TPSA) is 49.3 Å². The number of nitrogens with one attached hydrogen (secondary N) is 1. The highest BCUT2D eigenvalue weighted by Gasteiger charge is 2.07. The van der Waals surface area contributed by atoms with Gasteiger partial charge in [-0.05, 0) is 35.7 Å². The van der Waals surface area contributed by atoms with Crippen LogP contribution in [0.5, 0.6) is 0 Å². The van der Waals surface area contributed by atoms with Crippen LogP contribution in [0.1, 0.15) is 12.5 Å². The van der Waals surface area contributed by atoms with E-state index < -0.39 is 5.97 Å². The van der Waals surface area contributed by atoms with Crippen LogP contribution in [0.2, 0.25) is 0 Å². The van der Waals surface area contributed by atoms with E-state index in [9.17, 15) is 4.79 Å². The third-order valence-electron chi connectivity index (χ3n) is 2.09. The lowest BCUT2D eigenvalue weighted by Gasteiger charge is -2.12. The van der Waals surface area contributed by atoms with Crippen LogP contribution in [0.3, 0.4) is 0 Å². The van der Waals surface area contributed by atoms with Crippen molar-refractivity contribution in [2.75, 3.05) is 6.54 Å². The molecule has 82 valence electrons. The van der Waals surface area contributed by atoms with Crippen molar-refractivity contribution >= 4 is 17.3 Å². The molecule has 0 aliphatic heterocycles. The molecule has 0 aliphatic carbocycles. The van der Waals surface area contributed by atoms with Crippen molar-refractivity contribution in [3.8, 4) is 0 Å². The molecule has 4 heteroatoms. The highest BCUT2D eigenvalue weighted by molar-refractivity contribution is 7.07. The normalized spacial score (nSPS) is 12.3. The zero-order chi connectivity index (χ0) is 11.3. The first-order valence-electron chi connectivity index (χ1n) is 4.75. The van der Waals surface area contributed by atoms with Gasteiger partial charge in [-0.2, -0.15) is 11.3 Å². The van der Waals surface area contributed by atoms with E-state index >= 15 is 0 Å². The van der Waals surface area contributed by atoms with Gasteiger partial charge in [0.15, 0.2) is 0 Å². The van der Waals surface area contributed by atoms with Gasteiger partial charge in [0.1, 0.15) is 0 Å². The zero-order valence-corrected chi connectivity index (χ0v) is 9.51. The fourth-order valence-electron chi connectivity index (χ4n) is 1.21. The van der Waals surface area contributed by atoms with Gasteiger partial charge in [-0.1, -0.05) is 6.58 Å². The Labute approximate surface area is 93.4 Å². The summed E-state index contributed by atoms with van der Waals surface area (Å²) in [5.74, 6) is -0.940. The van der Waals surface area contributed by atoms with E-state index in [-0.39, 0.29) is 11.6 Å². The summed E-state index contributed by atoms with van der Waals surface area (Å²) in [6.45, 7) is 5.83. The van der Waals surface area contributed by atoms with Crippen molar-refractivity contribution in [2.45, 2.75) is 19.4 Å². The van der Waals surface area contributed by atoms with Crippen LogP contribution in [0.4, 0.5) is 0 Å². The minimum absolute atomic E-state index is 0.201. The van der Waals surface area contributed by atoms with E-state index in [1.807, 2.05) is 12.3 Å². The minimum atomic E-state index is -0.940. The molecule has 0 spiro atoms. The third kappa shape index (κ3) is 4.27. The largest absolute Gasteiger partial charge is 0.478 e. The molecule has 0 fully saturated rings. The molecule has 2 N–H and O–H groups in total. The lowest BCUT2D eigenvalue weighted by atomic mass is 10.1. The maximum absolute atomic E-state index is 10.5. The van der Waals surface area contributed by atoms with E-state index in [0.717, 1.165) is 6.42 Å². The van der Waals surface area contributed by atoms with Crippen LogP contribution >= 0.6 is 11.3 Å². The first-order valence-corrected chi connectivity index (χ1v) is 5.69. The third-order valence-corrected chi connectivity index (χ3v) is 2.82. The molecule has 1 aromatic rings. The number of hydrogen-bond acceptors (Lipinski definition) is 3. The smallest absolute Gasteiger partial charge is 0.332 e. The molecule has 1 rings (SSSR count). The molecule has 1 unspecified atom stereocenters. The van der Waals surface area contributed by atoms with Crippen molar-refractivity contribution in [2.24, 2.45) is 0 Å². The molecule has 15 heavy (non-hydrogen) atoms. The highest BCUT2D eigenvalue weighted by atomic mass is 32.1. The van der Waals surface area contributed by atoms with Crippen LogP contribution in [-0.4, -0.2) is 23.7 Å². The Morgan fingerprint density at radius 2 is 2.47 bits per heavy atom. The van der Waals surface area contributed by atoms with E-state index in [2.05, 4.69) is 23.3 Å². The van der Waals surface area contributed by atoms with Crippen LogP contribution < -0.4 is 5.32 Å². The van der Waals surface area contributed by atoms with Crippen LogP contribution in [0.25, 0.3) is 0 Å². The lowest BCUT2D eigenvalue weighted by Crippen LogP contribution is -2.31. The Balaban J connectivity index is 2.28. The van der Waals surface area contributed by atoms with Crippen molar-refractivity contribution in [1.82, 2.24) is 5.32 Å². The second kappa shape index (κ2) is 5.68. The Morgan fingerprint density at radius 1 is 1.73 bits per heavy atom. The maximum atomic E-state index is 10.5. The second-order valence-electron chi connectivity index (χ2n) is 3.53. The molecule has 1 heterocycles. The standard InChI is InChI=1S/C11H15NO2S/c1-8(11(13)14)6-12-9(2)5-10-3-4-15-7-10/h3-4,7,9,12H,1,5-6H2,2H3,(H,13,14). The molecule has 0 saturated heterocycles. The van der Waals surface area contributed by atoms with Gasteiger partial charge in [-0.3, -0.25) is 0 Å². The molecule has 0 radical (unpaired) electrons. The van der Waals surface area contributed by atoms with Gasteiger partial charge in [-0.15, -0.1) is 0 Å². The van der Waals surface area contributed by atoms with Crippen molar-refractivity contribution < 1.29 is 9.90 Å². The summed E-state index contributed by atoms with van der Waals surface area (Å²) in [5, 5.41) is 15.9. The number of thiophene rings is 1. The number of rotatable bonds is 6. The number of carboxylic acid groups (broad SMARTS) is 1. The number of aliphatic carboxylic acids is 1. The van der Waals surface area contributed by atoms with Gasteiger partial charge in [0.2, 0.25) is 0 Å². The van der Waals surface area contributed by atoms with Crippen molar-refractivity contribution in [3.05, 3.63) is 34.5 Å². The highest BCUT2D eigenvalue weighted by Crippen LogP contribution is 2.08. The summed E-state index contributed by atoms with van der Waals surface area (Å²) < 4.78 is 0. The predicted molar refractivity (Wildman–Crippen MR) is 62.3 cm³/mol. The predicted octanol–water partition coefficient (Wildman–Crippen LogP) is 1.91. The molecule has 0 saturated carbocycles. The zero-order valence-electron chi connectivity index (χ0n) is 8.69. The second-order valence-corrected chi connectivity index (χ2v) is 4.31. The molecule has 0 aromatic carbocycles. The van der Waals surface area contributed by atoms with Gasteiger partial charge < -0.3 is 10.4 Å². The Bertz CT molecular complexity index is 332. The van der Waals surface area contributed by atoms with Gasteiger partial charge in [-0.25, -0.2) is 4.79 Å². The quantitative estimate of drug-likeness (QED) is 0.727. The van der Waals surface area contributed by atoms with Crippen molar-refractivity contribution in [1.29, 1.82) is 0 Å². The van der Waals surface area contributed by atoms with E-state index in [0.29, 0.717) is 6.54 Å². The molecule has 0 bridgehead atoms. The summed E-state index contributed by atoms with van der Waals surface area (Å²) in [6, 6.07) is 2.34. The molecule has 1 aromatic heterocycles. The summed E-state index contributed by atoms with van der Waals surface area (Å²) in [4.78, 5) is 10.5. The number of carbonyl (C=O) groups is 1. The first kappa shape index (κ1) is 11.9. The average molecular weight is 225 g/mol. The van der Waals surface area contributed by atoms with Gasteiger partial charge in [0.05, 0.1) is 0 Å². The van der Waals surface area contributed by atoms with Crippen LogP contribution in [0.15, 0.2) is 29.0 Å². The fraction of sp³-hybridized carbons (Fsp3) is 0.364. The Hall–Kier alpha value is -1.13. The number of hydrogen-bond donors (Lipinski definition) is 2. The van der Waals surface area contributed by atoms with Gasteiger partial charge >= 0.3 is 5.97 Å². The lowest BCUT2D eigenvalue weighted by molar-refractivity contribution is -0.132. The Kier molecular flexibility index (Phi) is 4.52. The molecule has 3 nitrogen and oxygen atoms in total. The van der Waals surface area contributed by atoms with Gasteiger partial charge in [0.25, 0.3) is 0 Å². The minimum Gasteiger partial charge on any atom is -0.478 e. The van der Waals surface area contributed by atoms with E-state index in [1.165, 1.54) is 5.56 Å². The summed E-state index contributed by atoms with van der Waals surface area (Å²) in [6.07, 6.45) is 0.913. The van der Waals surface area contributed by atoms with Crippen LogP contribution in [0, 0.1) is 0 Å². The summed E-state index contributed by atoms with van der Waals surface area (Å²) in [5.41, 5.74) is 1.48. The summed E-state index contributed by atoms with van der Waals surface area (Å²) in [7, 11) is 0. The number of carboxylic acids is 1. The van der Waals surface area contributed by atoms with Crippen molar-refractivity contribution in [3.63, 3.8) is 0 Å². The molecule has 1 atom stereocenters. The van der Waals surface area contributed by atoms with E-state index in [1.54, 1.807) is 11.3 Å². The first-order chi connectivity index (χ1) is 7.09. The monoisotopic (exact) mass is 225 g/mol. The fourth-order valence-corrected chi connectivity index (χ4v) is 1.89. The summed E-state index contributed by atoms with van der Waals surface area (Å²) >= 11 is 1.67. The molecular weight excluding hydrogens is 210 g/mol. The van der Waals surface area contributed by atoms with E-state index in [4.69, 9.17) is 5.11 Å². The van der Waals surface area contributed by atoms with Crippen LogP contribution in [-0.2, 0) is 11.2 Å².